The van der Waals surface area contributed by atoms with Gasteiger partial charge in [-0.1, -0.05) is 0 Å². The first-order valence-electron chi connectivity index (χ1n) is 7.54. The molecule has 1 aliphatic heterocycles. The van der Waals surface area contributed by atoms with Crippen LogP contribution in [0.15, 0.2) is 18.5 Å². The maximum absolute atomic E-state index is 5.87. The molecule has 0 aromatic carbocycles. The van der Waals surface area contributed by atoms with Crippen molar-refractivity contribution >= 4 is 11.8 Å². The Bertz CT molecular complexity index is 635. The molecule has 22 heavy (non-hydrogen) atoms. The smallest absolute Gasteiger partial charge is 0.222 e. The van der Waals surface area contributed by atoms with E-state index in [0.29, 0.717) is 18.5 Å². The molecule has 2 N–H and O–H groups in total. The molecule has 3 heterocycles. The number of aromatic nitrogens is 4. The van der Waals surface area contributed by atoms with Crippen LogP contribution in [-0.2, 0) is 11.3 Å². The molecule has 2 aromatic heterocycles. The number of nitrogens with zero attached hydrogens (tertiary/aromatic N) is 5. The molecule has 1 fully saturated rings. The normalized spacial score (nSPS) is 17.8. The number of likely N-dealkylation sites (N-methyl/N-ethyl adjacent to an activating group) is 1. The third kappa shape index (κ3) is 3.19. The molecule has 1 saturated heterocycles. The van der Waals surface area contributed by atoms with Gasteiger partial charge in [-0.05, 0) is 13.3 Å². The fourth-order valence-corrected chi connectivity index (χ4v) is 2.66. The van der Waals surface area contributed by atoms with Crippen LogP contribution in [0.1, 0.15) is 23.9 Å². The standard InChI is InChI=1S/C15H22N6O/c1-11-17-4-5-21(11)7-6-20(2)14-9-13(18-15(16)19-14)12-3-8-22-10-12/h4-5,9,12H,3,6-8,10H2,1-2H3,(H2,16,18,19)/t12-/m0/s1. The molecule has 7 heteroatoms. The number of aryl methyl sites for hydroxylation is 1. The van der Waals surface area contributed by atoms with Crippen LogP contribution < -0.4 is 10.6 Å². The van der Waals surface area contributed by atoms with Crippen molar-refractivity contribution in [2.45, 2.75) is 25.8 Å². The first-order valence-corrected chi connectivity index (χ1v) is 7.54. The zero-order valence-corrected chi connectivity index (χ0v) is 13.1. The summed E-state index contributed by atoms with van der Waals surface area (Å²) in [5.74, 6) is 2.52. The first kappa shape index (κ1) is 14.8. The maximum atomic E-state index is 5.87. The average Bonchev–Trinajstić information content (AvgIpc) is 3.15. The predicted molar refractivity (Wildman–Crippen MR) is 84.9 cm³/mol. The van der Waals surface area contributed by atoms with Crippen LogP contribution in [-0.4, -0.2) is 46.3 Å². The minimum atomic E-state index is 0.324. The van der Waals surface area contributed by atoms with Crippen molar-refractivity contribution in [2.75, 3.05) is 37.4 Å². The molecule has 0 saturated carbocycles. The van der Waals surface area contributed by atoms with Crippen LogP contribution >= 0.6 is 0 Å². The van der Waals surface area contributed by atoms with E-state index < -0.39 is 0 Å². The number of hydrogen-bond donors (Lipinski definition) is 1. The molecular weight excluding hydrogens is 280 g/mol. The summed E-state index contributed by atoms with van der Waals surface area (Å²) in [6.07, 6.45) is 4.79. The molecule has 0 radical (unpaired) electrons. The molecule has 1 aliphatic rings. The maximum Gasteiger partial charge on any atom is 0.222 e. The van der Waals surface area contributed by atoms with Crippen LogP contribution in [0, 0.1) is 6.92 Å². The average molecular weight is 302 g/mol. The lowest BCUT2D eigenvalue weighted by Gasteiger charge is -2.20. The van der Waals surface area contributed by atoms with Crippen molar-refractivity contribution in [3.63, 3.8) is 0 Å². The summed E-state index contributed by atoms with van der Waals surface area (Å²) < 4.78 is 7.55. The summed E-state index contributed by atoms with van der Waals surface area (Å²) in [6, 6.07) is 2.02. The fraction of sp³-hybridized carbons (Fsp3) is 0.533. The molecule has 7 nitrogen and oxygen atoms in total. The predicted octanol–water partition coefficient (Wildman–Crippen LogP) is 1.20. The SMILES string of the molecule is Cc1nccn1CCN(C)c1cc([C@H]2CCOC2)nc(N)n1. The van der Waals surface area contributed by atoms with Crippen LogP contribution in [0.2, 0.25) is 0 Å². The van der Waals surface area contributed by atoms with E-state index in [1.54, 1.807) is 0 Å². The molecule has 0 bridgehead atoms. The van der Waals surface area contributed by atoms with Crippen molar-refractivity contribution < 1.29 is 4.74 Å². The van der Waals surface area contributed by atoms with Crippen LogP contribution in [0.5, 0.6) is 0 Å². The Kier molecular flexibility index (Phi) is 4.24. The van der Waals surface area contributed by atoms with Gasteiger partial charge in [0.1, 0.15) is 11.6 Å². The van der Waals surface area contributed by atoms with E-state index >= 15 is 0 Å². The van der Waals surface area contributed by atoms with Crippen molar-refractivity contribution in [2.24, 2.45) is 0 Å². The summed E-state index contributed by atoms with van der Waals surface area (Å²) in [5.41, 5.74) is 6.85. The fourth-order valence-electron chi connectivity index (χ4n) is 2.66. The van der Waals surface area contributed by atoms with E-state index in [9.17, 15) is 0 Å². The lowest BCUT2D eigenvalue weighted by atomic mass is 10.0. The molecule has 1 atom stereocenters. The number of hydrogen-bond acceptors (Lipinski definition) is 6. The second-order valence-corrected chi connectivity index (χ2v) is 5.66. The molecule has 2 aromatic rings. The summed E-state index contributed by atoms with van der Waals surface area (Å²) in [7, 11) is 2.02. The number of nitrogen functional groups attached to an aromatic ring is 1. The highest BCUT2D eigenvalue weighted by atomic mass is 16.5. The Hall–Kier alpha value is -2.15. The van der Waals surface area contributed by atoms with Gasteiger partial charge in [-0.15, -0.1) is 0 Å². The van der Waals surface area contributed by atoms with Gasteiger partial charge in [-0.25, -0.2) is 9.97 Å². The Balaban J connectivity index is 1.71. The van der Waals surface area contributed by atoms with Crippen LogP contribution in [0.25, 0.3) is 0 Å². The summed E-state index contributed by atoms with van der Waals surface area (Å²) in [4.78, 5) is 15.0. The number of anilines is 2. The first-order chi connectivity index (χ1) is 10.6. The van der Waals surface area contributed by atoms with E-state index in [-0.39, 0.29) is 0 Å². The van der Waals surface area contributed by atoms with Gasteiger partial charge in [0.2, 0.25) is 5.95 Å². The number of nitrogens with two attached hydrogens (primary N) is 1. The second kappa shape index (κ2) is 6.31. The minimum Gasteiger partial charge on any atom is -0.381 e. The number of imidazole rings is 1. The summed E-state index contributed by atoms with van der Waals surface area (Å²) >= 11 is 0. The summed E-state index contributed by atoms with van der Waals surface area (Å²) in [5, 5.41) is 0. The molecule has 0 aliphatic carbocycles. The quantitative estimate of drug-likeness (QED) is 0.894. The van der Waals surface area contributed by atoms with Gasteiger partial charge in [0.15, 0.2) is 0 Å². The summed E-state index contributed by atoms with van der Waals surface area (Å²) in [6.45, 7) is 5.19. The molecule has 3 rings (SSSR count). The third-order valence-corrected chi connectivity index (χ3v) is 4.09. The highest BCUT2D eigenvalue weighted by Gasteiger charge is 2.21. The zero-order valence-electron chi connectivity index (χ0n) is 13.1. The number of rotatable bonds is 5. The monoisotopic (exact) mass is 302 g/mol. The lowest BCUT2D eigenvalue weighted by molar-refractivity contribution is 0.193. The van der Waals surface area contributed by atoms with E-state index in [2.05, 4.69) is 24.4 Å². The van der Waals surface area contributed by atoms with Gasteiger partial charge in [0, 0.05) is 51.1 Å². The third-order valence-electron chi connectivity index (χ3n) is 4.09. The molecule has 0 amide bonds. The van der Waals surface area contributed by atoms with E-state index in [1.165, 1.54) is 0 Å². The van der Waals surface area contributed by atoms with Crippen LogP contribution in [0.4, 0.5) is 11.8 Å². The topological polar surface area (TPSA) is 82.1 Å². The van der Waals surface area contributed by atoms with Gasteiger partial charge >= 0.3 is 0 Å². The second-order valence-electron chi connectivity index (χ2n) is 5.66. The molecule has 0 unspecified atom stereocenters. The Morgan fingerprint density at radius 3 is 3.00 bits per heavy atom. The van der Waals surface area contributed by atoms with Crippen molar-refractivity contribution in [3.05, 3.63) is 30.0 Å². The molecular formula is C15H22N6O. The number of ether oxygens (including phenoxy) is 1. The van der Waals surface area contributed by atoms with Crippen molar-refractivity contribution in [3.8, 4) is 0 Å². The Morgan fingerprint density at radius 2 is 2.32 bits per heavy atom. The van der Waals surface area contributed by atoms with Crippen LogP contribution in [0.3, 0.4) is 0 Å². The van der Waals surface area contributed by atoms with Crippen molar-refractivity contribution in [1.82, 2.24) is 19.5 Å². The van der Waals surface area contributed by atoms with Gasteiger partial charge in [0.25, 0.3) is 0 Å². The minimum absolute atomic E-state index is 0.324. The largest absolute Gasteiger partial charge is 0.381 e. The lowest BCUT2D eigenvalue weighted by Crippen LogP contribution is -2.24. The van der Waals surface area contributed by atoms with E-state index in [1.807, 2.05) is 32.4 Å². The van der Waals surface area contributed by atoms with Gasteiger partial charge in [-0.3, -0.25) is 0 Å². The van der Waals surface area contributed by atoms with E-state index in [0.717, 1.165) is 43.5 Å². The van der Waals surface area contributed by atoms with Gasteiger partial charge in [-0.2, -0.15) is 4.98 Å². The molecule has 0 spiro atoms. The molecule has 118 valence electrons. The Morgan fingerprint density at radius 1 is 1.45 bits per heavy atom. The zero-order chi connectivity index (χ0) is 15.5. The highest BCUT2D eigenvalue weighted by molar-refractivity contribution is 5.43. The van der Waals surface area contributed by atoms with Gasteiger partial charge in [0.05, 0.1) is 12.3 Å². The van der Waals surface area contributed by atoms with Gasteiger partial charge < -0.3 is 19.9 Å². The van der Waals surface area contributed by atoms with Crippen molar-refractivity contribution in [1.29, 1.82) is 0 Å². The highest BCUT2D eigenvalue weighted by Crippen LogP contribution is 2.26. The Labute approximate surface area is 130 Å². The van der Waals surface area contributed by atoms with E-state index in [4.69, 9.17) is 10.5 Å².